The predicted octanol–water partition coefficient (Wildman–Crippen LogP) is 8.15. The lowest BCUT2D eigenvalue weighted by Gasteiger charge is -2.37. The zero-order valence-electron chi connectivity index (χ0n) is 21.6. The van der Waals surface area contributed by atoms with Gasteiger partial charge in [0.05, 0.1) is 5.92 Å². The van der Waals surface area contributed by atoms with E-state index in [4.69, 9.17) is 9.47 Å². The fourth-order valence-electron chi connectivity index (χ4n) is 5.12. The Kier molecular flexibility index (Phi) is 14.5. The molecule has 2 fully saturated rings. The number of ether oxygens (including phenoxy) is 2. The van der Waals surface area contributed by atoms with E-state index in [-0.39, 0.29) is 11.9 Å². The number of hydrogen-bond donors (Lipinski definition) is 0. The van der Waals surface area contributed by atoms with Crippen molar-refractivity contribution in [2.75, 3.05) is 0 Å². The van der Waals surface area contributed by atoms with E-state index < -0.39 is 5.97 Å². The van der Waals surface area contributed by atoms with Crippen LogP contribution in [-0.4, -0.2) is 11.9 Å². The van der Waals surface area contributed by atoms with E-state index in [0.717, 1.165) is 49.5 Å². The van der Waals surface area contributed by atoms with Crippen molar-refractivity contribution in [3.05, 3.63) is 36.9 Å². The summed E-state index contributed by atoms with van der Waals surface area (Å²) >= 11 is 0. The molecular formula is C29H46O4. The van der Waals surface area contributed by atoms with Gasteiger partial charge in [-0.2, -0.15) is 0 Å². The highest BCUT2D eigenvalue weighted by Crippen LogP contribution is 2.42. The first-order valence-electron chi connectivity index (χ1n) is 13.2. The molecule has 0 spiro atoms. The van der Waals surface area contributed by atoms with Crippen LogP contribution in [0.2, 0.25) is 0 Å². The first-order chi connectivity index (χ1) is 16.1. The number of esters is 2. The van der Waals surface area contributed by atoms with Gasteiger partial charge in [-0.3, -0.25) is 4.79 Å². The third-order valence-electron chi connectivity index (χ3n) is 6.79. The second kappa shape index (κ2) is 16.5. The zero-order chi connectivity index (χ0) is 24.6. The first kappa shape index (κ1) is 28.9. The lowest BCUT2D eigenvalue weighted by Crippen LogP contribution is -2.30. The van der Waals surface area contributed by atoms with Crippen molar-refractivity contribution in [1.82, 2.24) is 0 Å². The molecule has 2 saturated carbocycles. The van der Waals surface area contributed by atoms with Crippen molar-refractivity contribution in [1.29, 1.82) is 0 Å². The molecule has 3 rings (SSSR count). The molecule has 0 amide bonds. The van der Waals surface area contributed by atoms with Crippen molar-refractivity contribution in [3.8, 4) is 11.5 Å². The average Bonchev–Trinajstić information content (AvgIpc) is 2.88. The summed E-state index contributed by atoms with van der Waals surface area (Å²) in [6.45, 7) is 13.7. The minimum Gasteiger partial charge on any atom is -0.426 e. The van der Waals surface area contributed by atoms with Gasteiger partial charge in [-0.25, -0.2) is 4.79 Å². The van der Waals surface area contributed by atoms with Crippen molar-refractivity contribution < 1.29 is 19.1 Å². The Labute approximate surface area is 202 Å². The SMILES string of the molecule is C=CC(=O)Oc1ccc(OC(=O)C2CCC(C3CCC(CCC)CC3)CC2)cc1.CC.CC. The van der Waals surface area contributed by atoms with E-state index in [1.54, 1.807) is 24.3 Å². The van der Waals surface area contributed by atoms with Gasteiger partial charge in [0.2, 0.25) is 0 Å². The minimum absolute atomic E-state index is 0.000880. The molecule has 0 atom stereocenters. The molecule has 0 heterocycles. The second-order valence-corrected chi connectivity index (χ2v) is 8.70. The summed E-state index contributed by atoms with van der Waals surface area (Å²) < 4.78 is 10.6. The number of benzene rings is 1. The number of carbonyl (C=O) groups excluding carboxylic acids is 2. The standard InChI is InChI=1S/C25H34O4.2C2H6/c1-3-5-18-6-8-19(9-7-18)20-10-12-21(13-11-20)25(27)29-23-16-14-22(15-17-23)28-24(26)4-2;2*1-2/h4,14-21H,2-3,5-13H2,1H3;2*1-2H3. The normalized spacial score (nSPS) is 24.2. The summed E-state index contributed by atoms with van der Waals surface area (Å²) in [7, 11) is 0. The predicted molar refractivity (Wildman–Crippen MR) is 136 cm³/mol. The van der Waals surface area contributed by atoms with Crippen LogP contribution in [0, 0.1) is 23.7 Å². The van der Waals surface area contributed by atoms with Crippen molar-refractivity contribution in [2.45, 2.75) is 98.8 Å². The number of hydrogen-bond acceptors (Lipinski definition) is 4. The van der Waals surface area contributed by atoms with Crippen LogP contribution in [0.3, 0.4) is 0 Å². The van der Waals surface area contributed by atoms with Crippen molar-refractivity contribution in [3.63, 3.8) is 0 Å². The summed E-state index contributed by atoms with van der Waals surface area (Å²) in [5.41, 5.74) is 0. The van der Waals surface area contributed by atoms with E-state index >= 15 is 0 Å². The number of rotatable bonds is 7. The van der Waals surface area contributed by atoms with Gasteiger partial charge in [-0.1, -0.05) is 66.9 Å². The molecule has 0 aliphatic heterocycles. The summed E-state index contributed by atoms with van der Waals surface area (Å²) in [4.78, 5) is 23.8. The monoisotopic (exact) mass is 458 g/mol. The Hall–Kier alpha value is -2.10. The highest BCUT2D eigenvalue weighted by atomic mass is 16.5. The van der Waals surface area contributed by atoms with E-state index in [1.807, 2.05) is 27.7 Å². The smallest absolute Gasteiger partial charge is 0.335 e. The molecule has 0 saturated heterocycles. The van der Waals surface area contributed by atoms with Gasteiger partial charge >= 0.3 is 11.9 Å². The molecule has 0 unspecified atom stereocenters. The summed E-state index contributed by atoms with van der Waals surface area (Å²) in [6.07, 6.45) is 13.6. The van der Waals surface area contributed by atoms with E-state index in [9.17, 15) is 9.59 Å². The number of carbonyl (C=O) groups is 2. The maximum Gasteiger partial charge on any atom is 0.335 e. The Morgan fingerprint density at radius 2 is 1.27 bits per heavy atom. The van der Waals surface area contributed by atoms with Crippen LogP contribution in [0.4, 0.5) is 0 Å². The first-order valence-corrected chi connectivity index (χ1v) is 13.2. The van der Waals surface area contributed by atoms with Crippen LogP contribution in [-0.2, 0) is 9.59 Å². The van der Waals surface area contributed by atoms with Crippen LogP contribution in [0.5, 0.6) is 11.5 Å². The molecule has 186 valence electrons. The quantitative estimate of drug-likeness (QED) is 0.235. The highest BCUT2D eigenvalue weighted by molar-refractivity contribution is 5.83. The lowest BCUT2D eigenvalue weighted by molar-refractivity contribution is -0.140. The summed E-state index contributed by atoms with van der Waals surface area (Å²) in [5, 5.41) is 0. The Bertz CT molecular complexity index is 678. The lowest BCUT2D eigenvalue weighted by atomic mass is 9.69. The second-order valence-electron chi connectivity index (χ2n) is 8.70. The van der Waals surface area contributed by atoms with Gasteiger partial charge in [-0.05, 0) is 80.5 Å². The molecule has 0 radical (unpaired) electrons. The maximum absolute atomic E-state index is 12.6. The molecule has 0 aromatic heterocycles. The fourth-order valence-corrected chi connectivity index (χ4v) is 5.12. The molecule has 1 aromatic carbocycles. The molecule has 4 nitrogen and oxygen atoms in total. The van der Waals surface area contributed by atoms with Gasteiger partial charge < -0.3 is 9.47 Å². The molecule has 1 aromatic rings. The Morgan fingerprint density at radius 1 is 0.818 bits per heavy atom. The van der Waals surface area contributed by atoms with E-state index in [0.29, 0.717) is 11.5 Å². The van der Waals surface area contributed by atoms with Crippen LogP contribution in [0.15, 0.2) is 36.9 Å². The van der Waals surface area contributed by atoms with Gasteiger partial charge in [0.1, 0.15) is 11.5 Å². The molecule has 0 bridgehead atoms. The van der Waals surface area contributed by atoms with Gasteiger partial charge in [-0.15, -0.1) is 0 Å². The van der Waals surface area contributed by atoms with Crippen LogP contribution in [0.1, 0.15) is 98.8 Å². The summed E-state index contributed by atoms with van der Waals surface area (Å²) in [5.74, 6) is 2.87. The molecule has 4 heteroatoms. The van der Waals surface area contributed by atoms with Crippen molar-refractivity contribution in [2.24, 2.45) is 23.7 Å². The van der Waals surface area contributed by atoms with E-state index in [1.165, 1.54) is 38.5 Å². The average molecular weight is 459 g/mol. The zero-order valence-corrected chi connectivity index (χ0v) is 21.6. The largest absolute Gasteiger partial charge is 0.426 e. The Morgan fingerprint density at radius 3 is 1.73 bits per heavy atom. The van der Waals surface area contributed by atoms with Crippen LogP contribution >= 0.6 is 0 Å². The van der Waals surface area contributed by atoms with Gasteiger partial charge in [0.15, 0.2) is 0 Å². The maximum atomic E-state index is 12.6. The molecular weight excluding hydrogens is 412 g/mol. The van der Waals surface area contributed by atoms with Crippen LogP contribution < -0.4 is 9.47 Å². The van der Waals surface area contributed by atoms with Gasteiger partial charge in [0, 0.05) is 6.08 Å². The van der Waals surface area contributed by atoms with Gasteiger partial charge in [0.25, 0.3) is 0 Å². The van der Waals surface area contributed by atoms with Crippen LogP contribution in [0.25, 0.3) is 0 Å². The Balaban J connectivity index is 0.00000129. The third kappa shape index (κ3) is 9.73. The summed E-state index contributed by atoms with van der Waals surface area (Å²) in [6, 6.07) is 6.56. The molecule has 2 aliphatic rings. The van der Waals surface area contributed by atoms with E-state index in [2.05, 4.69) is 13.5 Å². The molecule has 2 aliphatic carbocycles. The fraction of sp³-hybridized carbons (Fsp3) is 0.655. The minimum atomic E-state index is -0.509. The van der Waals surface area contributed by atoms with Crippen molar-refractivity contribution >= 4 is 11.9 Å². The third-order valence-corrected chi connectivity index (χ3v) is 6.79. The molecule has 33 heavy (non-hydrogen) atoms. The highest BCUT2D eigenvalue weighted by Gasteiger charge is 2.33. The molecule has 0 N–H and O–H groups in total. The topological polar surface area (TPSA) is 52.6 Å².